The highest BCUT2D eigenvalue weighted by Gasteiger charge is 2.15. The summed E-state index contributed by atoms with van der Waals surface area (Å²) in [5.41, 5.74) is 2.96. The number of halogens is 3. The van der Waals surface area contributed by atoms with Crippen molar-refractivity contribution in [2.24, 2.45) is 0 Å². The minimum absolute atomic E-state index is 0.0740. The van der Waals surface area contributed by atoms with E-state index in [1.807, 2.05) is 31.2 Å². The Labute approximate surface area is 138 Å². The van der Waals surface area contributed by atoms with Crippen LogP contribution >= 0.6 is 27.5 Å². The van der Waals surface area contributed by atoms with Crippen molar-refractivity contribution in [2.45, 2.75) is 26.3 Å². The molecule has 0 aromatic heterocycles. The number of aryl methyl sites for hydroxylation is 1. The van der Waals surface area contributed by atoms with Crippen LogP contribution in [0, 0.1) is 12.7 Å². The molecular formula is C17H18BrClFN. The lowest BCUT2D eigenvalue weighted by molar-refractivity contribution is 0.585. The highest BCUT2D eigenvalue weighted by molar-refractivity contribution is 9.10. The molecule has 0 bridgehead atoms. The minimum atomic E-state index is -0.249. The van der Waals surface area contributed by atoms with Crippen molar-refractivity contribution < 1.29 is 4.39 Å². The van der Waals surface area contributed by atoms with Crippen LogP contribution in [0.15, 0.2) is 40.9 Å². The summed E-state index contributed by atoms with van der Waals surface area (Å²) < 4.78 is 14.4. The maximum atomic E-state index is 13.7. The average molecular weight is 371 g/mol. The summed E-state index contributed by atoms with van der Waals surface area (Å²) in [6, 6.07) is 10.9. The van der Waals surface area contributed by atoms with Crippen LogP contribution < -0.4 is 5.32 Å². The lowest BCUT2D eigenvalue weighted by atomic mass is 9.97. The normalized spacial score (nSPS) is 12.4. The topological polar surface area (TPSA) is 12.0 Å². The van der Waals surface area contributed by atoms with Crippen LogP contribution in [0.1, 0.15) is 36.1 Å². The molecule has 0 aliphatic rings. The van der Waals surface area contributed by atoms with Crippen LogP contribution in [0.3, 0.4) is 0 Å². The van der Waals surface area contributed by atoms with Crippen molar-refractivity contribution in [1.82, 2.24) is 5.32 Å². The Kier molecular flexibility index (Phi) is 5.80. The largest absolute Gasteiger partial charge is 0.306 e. The standard InChI is InChI=1S/C17H18BrClFN/c1-3-6-21-17(12-5-4-11(2)16(19)9-12)13-7-14(18)10-15(20)8-13/h4-5,7-10,17,21H,3,6H2,1-2H3. The van der Waals surface area contributed by atoms with Gasteiger partial charge in [-0.05, 0) is 60.8 Å². The molecule has 0 heterocycles. The summed E-state index contributed by atoms with van der Waals surface area (Å²) in [6.45, 7) is 4.93. The first kappa shape index (κ1) is 16.5. The van der Waals surface area contributed by atoms with E-state index in [2.05, 4.69) is 28.2 Å². The Hall–Kier alpha value is -0.900. The molecule has 0 saturated heterocycles. The summed E-state index contributed by atoms with van der Waals surface area (Å²) in [6.07, 6.45) is 1.01. The van der Waals surface area contributed by atoms with Crippen molar-refractivity contribution in [3.8, 4) is 0 Å². The second-order valence-corrected chi connectivity index (χ2v) is 6.42. The van der Waals surface area contributed by atoms with Crippen LogP contribution in [-0.4, -0.2) is 6.54 Å². The molecule has 1 N–H and O–H groups in total. The molecule has 4 heteroatoms. The van der Waals surface area contributed by atoms with Gasteiger partial charge in [0.1, 0.15) is 5.82 Å². The maximum absolute atomic E-state index is 13.7. The molecule has 0 radical (unpaired) electrons. The van der Waals surface area contributed by atoms with Gasteiger partial charge in [-0.15, -0.1) is 0 Å². The predicted molar refractivity (Wildman–Crippen MR) is 90.4 cm³/mol. The van der Waals surface area contributed by atoms with E-state index >= 15 is 0 Å². The summed E-state index contributed by atoms with van der Waals surface area (Å²) in [7, 11) is 0. The van der Waals surface area contributed by atoms with Crippen LogP contribution in [-0.2, 0) is 0 Å². The summed E-state index contributed by atoms with van der Waals surface area (Å²) in [5, 5.41) is 4.19. The quantitative estimate of drug-likeness (QED) is 0.718. The van der Waals surface area contributed by atoms with Crippen LogP contribution in [0.5, 0.6) is 0 Å². The lowest BCUT2D eigenvalue weighted by Crippen LogP contribution is -2.23. The van der Waals surface area contributed by atoms with Crippen LogP contribution in [0.25, 0.3) is 0 Å². The SMILES string of the molecule is CCCNC(c1cc(F)cc(Br)c1)c1ccc(C)c(Cl)c1. The molecule has 1 unspecified atom stereocenters. The zero-order chi connectivity index (χ0) is 15.4. The fourth-order valence-electron chi connectivity index (χ4n) is 2.25. The fourth-order valence-corrected chi connectivity index (χ4v) is 2.92. The molecule has 0 fully saturated rings. The van der Waals surface area contributed by atoms with Crippen LogP contribution in [0.4, 0.5) is 4.39 Å². The molecule has 0 aliphatic heterocycles. The fraction of sp³-hybridized carbons (Fsp3) is 0.294. The first-order chi connectivity index (χ1) is 10.0. The Morgan fingerprint density at radius 1 is 1.19 bits per heavy atom. The zero-order valence-corrected chi connectivity index (χ0v) is 14.4. The van der Waals surface area contributed by atoms with E-state index in [4.69, 9.17) is 11.6 Å². The van der Waals surface area contributed by atoms with Crippen molar-refractivity contribution in [3.63, 3.8) is 0 Å². The van der Waals surface area contributed by atoms with E-state index in [0.717, 1.165) is 39.2 Å². The number of hydrogen-bond donors (Lipinski definition) is 1. The molecule has 21 heavy (non-hydrogen) atoms. The van der Waals surface area contributed by atoms with Gasteiger partial charge in [-0.25, -0.2) is 4.39 Å². The number of rotatable bonds is 5. The van der Waals surface area contributed by atoms with Gasteiger partial charge in [-0.2, -0.15) is 0 Å². The highest BCUT2D eigenvalue weighted by Crippen LogP contribution is 2.28. The van der Waals surface area contributed by atoms with E-state index in [9.17, 15) is 4.39 Å². The summed E-state index contributed by atoms with van der Waals surface area (Å²) in [5.74, 6) is -0.249. The van der Waals surface area contributed by atoms with E-state index in [-0.39, 0.29) is 11.9 Å². The summed E-state index contributed by atoms with van der Waals surface area (Å²) >= 11 is 9.59. The predicted octanol–water partition coefficient (Wildman–Crippen LogP) is 5.64. The van der Waals surface area contributed by atoms with Gasteiger partial charge < -0.3 is 5.32 Å². The monoisotopic (exact) mass is 369 g/mol. The molecule has 2 aromatic rings. The Morgan fingerprint density at radius 2 is 1.95 bits per heavy atom. The molecule has 1 nitrogen and oxygen atoms in total. The van der Waals surface area contributed by atoms with Crippen LogP contribution in [0.2, 0.25) is 5.02 Å². The number of hydrogen-bond acceptors (Lipinski definition) is 1. The van der Waals surface area contributed by atoms with E-state index in [1.54, 1.807) is 6.07 Å². The van der Waals surface area contributed by atoms with Gasteiger partial charge in [-0.3, -0.25) is 0 Å². The first-order valence-corrected chi connectivity index (χ1v) is 8.13. The van der Waals surface area contributed by atoms with Crippen molar-refractivity contribution >= 4 is 27.5 Å². The smallest absolute Gasteiger partial charge is 0.124 e. The minimum Gasteiger partial charge on any atom is -0.306 e. The van der Waals surface area contributed by atoms with Gasteiger partial charge >= 0.3 is 0 Å². The number of nitrogens with one attached hydrogen (secondary N) is 1. The maximum Gasteiger partial charge on any atom is 0.124 e. The third-order valence-corrected chi connectivity index (χ3v) is 4.21. The molecule has 0 amide bonds. The Balaban J connectivity index is 2.43. The van der Waals surface area contributed by atoms with Gasteiger partial charge in [0.2, 0.25) is 0 Å². The van der Waals surface area contributed by atoms with Gasteiger partial charge in [0.15, 0.2) is 0 Å². The molecule has 1 atom stereocenters. The zero-order valence-electron chi connectivity index (χ0n) is 12.1. The van der Waals surface area contributed by atoms with Crippen molar-refractivity contribution in [3.05, 3.63) is 68.4 Å². The summed E-state index contributed by atoms with van der Waals surface area (Å²) in [4.78, 5) is 0. The Morgan fingerprint density at radius 3 is 2.57 bits per heavy atom. The molecule has 0 saturated carbocycles. The molecule has 112 valence electrons. The third kappa shape index (κ3) is 4.29. The van der Waals surface area contributed by atoms with E-state index in [0.29, 0.717) is 0 Å². The van der Waals surface area contributed by atoms with Gasteiger partial charge in [0.05, 0.1) is 6.04 Å². The number of benzene rings is 2. The van der Waals surface area contributed by atoms with Gasteiger partial charge in [0, 0.05) is 9.50 Å². The second-order valence-electron chi connectivity index (χ2n) is 5.10. The second kappa shape index (κ2) is 7.39. The average Bonchev–Trinajstić information content (AvgIpc) is 2.42. The first-order valence-electron chi connectivity index (χ1n) is 6.96. The highest BCUT2D eigenvalue weighted by atomic mass is 79.9. The Bertz CT molecular complexity index is 610. The molecular weight excluding hydrogens is 353 g/mol. The molecule has 2 aromatic carbocycles. The molecule has 0 spiro atoms. The van der Waals surface area contributed by atoms with Gasteiger partial charge in [-0.1, -0.05) is 46.6 Å². The molecule has 2 rings (SSSR count). The van der Waals surface area contributed by atoms with Crippen molar-refractivity contribution in [2.75, 3.05) is 6.54 Å². The van der Waals surface area contributed by atoms with E-state index < -0.39 is 0 Å². The molecule has 0 aliphatic carbocycles. The van der Waals surface area contributed by atoms with Crippen molar-refractivity contribution in [1.29, 1.82) is 0 Å². The van der Waals surface area contributed by atoms with Gasteiger partial charge in [0.25, 0.3) is 0 Å². The van der Waals surface area contributed by atoms with E-state index in [1.165, 1.54) is 6.07 Å². The third-order valence-electron chi connectivity index (χ3n) is 3.35. The lowest BCUT2D eigenvalue weighted by Gasteiger charge is -2.20.